The van der Waals surface area contributed by atoms with E-state index in [1.54, 1.807) is 0 Å². The molecule has 5 heteroatoms. The van der Waals surface area contributed by atoms with Crippen molar-refractivity contribution in [1.29, 1.82) is 0 Å². The highest BCUT2D eigenvalue weighted by Crippen LogP contribution is 2.42. The molecule has 8 aromatic carbocycles. The molecule has 0 bridgehead atoms. The van der Waals surface area contributed by atoms with Gasteiger partial charge in [-0.2, -0.15) is 0 Å². The summed E-state index contributed by atoms with van der Waals surface area (Å²) in [4.78, 5) is 14.9. The number of hydrogen-bond acceptors (Lipinski definition) is 4. The molecule has 0 fully saturated rings. The van der Waals surface area contributed by atoms with Gasteiger partial charge in [-0.25, -0.2) is 15.0 Å². The van der Waals surface area contributed by atoms with Crippen LogP contribution < -0.4 is 15.9 Å². The third-order valence-corrected chi connectivity index (χ3v) is 13.1. The second-order valence-corrected chi connectivity index (χ2v) is 16.4. The topological polar surface area (TPSA) is 55.7 Å². The molecule has 4 nitrogen and oxygen atoms in total. The van der Waals surface area contributed by atoms with Crippen molar-refractivity contribution in [3.63, 3.8) is 0 Å². The zero-order chi connectivity index (χ0) is 37.7. The largest absolute Gasteiger partial charge is 0.309 e. The molecule has 0 aliphatic rings. The Labute approximate surface area is 327 Å². The minimum absolute atomic E-state index is 0.614. The summed E-state index contributed by atoms with van der Waals surface area (Å²) in [5.41, 5.74) is 9.35. The van der Waals surface area contributed by atoms with Gasteiger partial charge in [-0.1, -0.05) is 212 Å². The first kappa shape index (κ1) is 34.7. The van der Waals surface area contributed by atoms with Crippen molar-refractivity contribution in [1.82, 2.24) is 15.0 Å². The fourth-order valence-electron chi connectivity index (χ4n) is 7.07. The maximum absolute atomic E-state index is 14.8. The minimum Gasteiger partial charge on any atom is -0.309 e. The van der Waals surface area contributed by atoms with Gasteiger partial charge in [-0.3, -0.25) is 0 Å². The van der Waals surface area contributed by atoms with Crippen LogP contribution in [0.1, 0.15) is 0 Å². The molecule has 9 rings (SSSR count). The van der Waals surface area contributed by atoms with E-state index in [4.69, 9.17) is 15.0 Å². The Morgan fingerprint density at radius 1 is 0.250 bits per heavy atom. The van der Waals surface area contributed by atoms with Crippen molar-refractivity contribution in [2.45, 2.75) is 0 Å². The van der Waals surface area contributed by atoms with Gasteiger partial charge >= 0.3 is 0 Å². The number of rotatable bonds is 9. The zero-order valence-electron chi connectivity index (χ0n) is 30.5. The second-order valence-electron chi connectivity index (χ2n) is 13.6. The third-order valence-electron chi connectivity index (χ3n) is 10.1. The average molecular weight is 738 g/mol. The molecule has 0 spiro atoms. The van der Waals surface area contributed by atoms with Gasteiger partial charge < -0.3 is 4.57 Å². The fourth-order valence-corrected chi connectivity index (χ4v) is 9.72. The monoisotopic (exact) mass is 737 g/mol. The molecular weight excluding hydrogens is 702 g/mol. The van der Waals surface area contributed by atoms with Crippen molar-refractivity contribution in [2.75, 3.05) is 0 Å². The molecule has 9 aromatic rings. The van der Waals surface area contributed by atoms with Crippen LogP contribution in [-0.2, 0) is 4.57 Å². The average Bonchev–Trinajstić information content (AvgIpc) is 3.30. The summed E-state index contributed by atoms with van der Waals surface area (Å²) in [6, 6.07) is 73.4. The van der Waals surface area contributed by atoms with Gasteiger partial charge in [-0.15, -0.1) is 0 Å². The highest BCUT2D eigenvalue weighted by Gasteiger charge is 2.29. The van der Waals surface area contributed by atoms with Crippen molar-refractivity contribution >= 4 is 23.1 Å². The van der Waals surface area contributed by atoms with Gasteiger partial charge in [0.05, 0.1) is 0 Å². The quantitative estimate of drug-likeness (QED) is 0.138. The lowest BCUT2D eigenvalue weighted by Gasteiger charge is -2.20. The Balaban J connectivity index is 1.01. The Morgan fingerprint density at radius 2 is 0.536 bits per heavy atom. The first-order valence-corrected chi connectivity index (χ1v) is 20.3. The van der Waals surface area contributed by atoms with Gasteiger partial charge in [0.1, 0.15) is 0 Å². The zero-order valence-corrected chi connectivity index (χ0v) is 31.4. The van der Waals surface area contributed by atoms with Crippen LogP contribution in [-0.4, -0.2) is 15.0 Å². The SMILES string of the molecule is O=P(c1ccccc1)(c1ccccc1)c1ccc(-c2ccc(-c3cccc(-c4nc(-c5ccccc5)nc(-c5ccc(-c6ccccc6)cc5)n4)c3)cc2)cc1. The molecule has 56 heavy (non-hydrogen) atoms. The van der Waals surface area contributed by atoms with E-state index in [9.17, 15) is 4.57 Å². The van der Waals surface area contributed by atoms with Crippen LogP contribution in [0.4, 0.5) is 0 Å². The Hall–Kier alpha value is -7.00. The Morgan fingerprint density at radius 3 is 1.02 bits per heavy atom. The molecule has 0 aliphatic heterocycles. The van der Waals surface area contributed by atoms with Crippen LogP contribution in [0, 0.1) is 0 Å². The van der Waals surface area contributed by atoms with Gasteiger partial charge in [0.15, 0.2) is 24.6 Å². The smallest absolute Gasteiger partial charge is 0.171 e. The number of benzene rings is 8. The van der Waals surface area contributed by atoms with Crippen molar-refractivity contribution in [3.05, 3.63) is 218 Å². The third kappa shape index (κ3) is 7.02. The van der Waals surface area contributed by atoms with E-state index in [2.05, 4.69) is 97.1 Å². The van der Waals surface area contributed by atoms with Crippen LogP contribution in [0.5, 0.6) is 0 Å². The van der Waals surface area contributed by atoms with E-state index in [1.165, 1.54) is 0 Å². The van der Waals surface area contributed by atoms with E-state index in [0.717, 1.165) is 66.0 Å². The molecule has 0 saturated carbocycles. The number of nitrogens with zero attached hydrogens (tertiary/aromatic N) is 3. The Bertz CT molecular complexity index is 2730. The predicted octanol–water partition coefficient (Wildman–Crippen LogP) is 11.5. The molecule has 0 unspecified atom stereocenters. The maximum Gasteiger partial charge on any atom is 0.171 e. The summed E-state index contributed by atoms with van der Waals surface area (Å²) in [5, 5.41) is 2.47. The van der Waals surface area contributed by atoms with Crippen LogP contribution in [0.3, 0.4) is 0 Å². The maximum atomic E-state index is 14.8. The van der Waals surface area contributed by atoms with E-state index in [1.807, 2.05) is 121 Å². The molecule has 0 radical (unpaired) electrons. The highest BCUT2D eigenvalue weighted by molar-refractivity contribution is 7.85. The van der Waals surface area contributed by atoms with Crippen LogP contribution in [0.25, 0.3) is 67.5 Å². The fraction of sp³-hybridized carbons (Fsp3) is 0. The van der Waals surface area contributed by atoms with E-state index in [-0.39, 0.29) is 0 Å². The molecule has 266 valence electrons. The molecule has 0 amide bonds. The summed E-state index contributed by atoms with van der Waals surface area (Å²) >= 11 is 0. The van der Waals surface area contributed by atoms with E-state index >= 15 is 0 Å². The minimum atomic E-state index is -3.04. The molecule has 1 heterocycles. The highest BCUT2D eigenvalue weighted by atomic mass is 31.2. The lowest BCUT2D eigenvalue weighted by atomic mass is 9.99. The molecule has 0 N–H and O–H groups in total. The van der Waals surface area contributed by atoms with E-state index in [0.29, 0.717) is 17.5 Å². The Kier molecular flexibility index (Phi) is 9.55. The first-order valence-electron chi connectivity index (χ1n) is 18.6. The van der Waals surface area contributed by atoms with Crippen molar-refractivity contribution in [2.24, 2.45) is 0 Å². The van der Waals surface area contributed by atoms with Crippen molar-refractivity contribution < 1.29 is 4.57 Å². The summed E-state index contributed by atoms with van der Waals surface area (Å²) in [5.74, 6) is 1.86. The summed E-state index contributed by atoms with van der Waals surface area (Å²) in [6.07, 6.45) is 0. The van der Waals surface area contributed by atoms with Crippen molar-refractivity contribution in [3.8, 4) is 67.5 Å². The van der Waals surface area contributed by atoms with E-state index < -0.39 is 7.14 Å². The molecule has 1 aromatic heterocycles. The van der Waals surface area contributed by atoms with Gasteiger partial charge in [0.2, 0.25) is 0 Å². The van der Waals surface area contributed by atoms with Gasteiger partial charge in [0.25, 0.3) is 0 Å². The summed E-state index contributed by atoms with van der Waals surface area (Å²) < 4.78 is 14.8. The lowest BCUT2D eigenvalue weighted by molar-refractivity contribution is 0.592. The number of hydrogen-bond donors (Lipinski definition) is 0. The molecule has 0 atom stereocenters. The van der Waals surface area contributed by atoms with Gasteiger partial charge in [-0.05, 0) is 39.4 Å². The van der Waals surface area contributed by atoms with Gasteiger partial charge in [0, 0.05) is 32.6 Å². The first-order chi connectivity index (χ1) is 27.6. The number of aromatic nitrogens is 3. The second kappa shape index (κ2) is 15.4. The molecular formula is C51H36N3OP. The summed E-state index contributed by atoms with van der Waals surface area (Å²) in [7, 11) is -3.04. The molecule has 0 saturated heterocycles. The standard InChI is InChI=1S/C51H36N3OP/c55-56(46-20-9-3-10-21-46,47-22-11-4-12-23-47)48-34-32-40(33-35-48)39-24-26-41(27-25-39)44-18-13-19-45(36-44)51-53-49(42-16-7-2-8-17-42)52-50(54-51)43-30-28-38(29-31-43)37-14-5-1-6-15-37/h1-36H. The molecule has 0 aliphatic carbocycles. The van der Waals surface area contributed by atoms with Crippen LogP contribution in [0.15, 0.2) is 218 Å². The summed E-state index contributed by atoms with van der Waals surface area (Å²) in [6.45, 7) is 0. The van der Waals surface area contributed by atoms with Crippen LogP contribution >= 0.6 is 7.14 Å². The normalized spacial score (nSPS) is 11.3. The predicted molar refractivity (Wildman–Crippen MR) is 232 cm³/mol. The van der Waals surface area contributed by atoms with Crippen LogP contribution in [0.2, 0.25) is 0 Å². The lowest BCUT2D eigenvalue weighted by Crippen LogP contribution is -2.24.